The van der Waals surface area contributed by atoms with E-state index in [4.69, 9.17) is 22.7 Å². The average molecular weight is 294 g/mol. The molecule has 0 radical (unpaired) electrons. The maximum atomic E-state index is 12.6. The number of alkyl halides is 3. The SMILES string of the molecule is CC(C)N(CC(F)(F)F)c1cccc(Cl)c1C(=N)N. The van der Waals surface area contributed by atoms with Crippen LogP contribution in [0.25, 0.3) is 0 Å². The first-order chi connectivity index (χ1) is 8.63. The molecule has 0 aliphatic carbocycles. The number of nitrogens with two attached hydrogens (primary N) is 1. The lowest BCUT2D eigenvalue weighted by Gasteiger charge is -2.31. The summed E-state index contributed by atoms with van der Waals surface area (Å²) in [5, 5.41) is 7.63. The molecule has 0 unspecified atom stereocenters. The van der Waals surface area contributed by atoms with Crippen LogP contribution >= 0.6 is 11.6 Å². The third-order valence-electron chi connectivity index (χ3n) is 2.54. The number of amidine groups is 1. The monoisotopic (exact) mass is 293 g/mol. The van der Waals surface area contributed by atoms with Gasteiger partial charge in [-0.05, 0) is 26.0 Å². The van der Waals surface area contributed by atoms with Crippen molar-refractivity contribution in [1.29, 1.82) is 5.41 Å². The molecule has 0 amide bonds. The van der Waals surface area contributed by atoms with Crippen molar-refractivity contribution in [3.63, 3.8) is 0 Å². The van der Waals surface area contributed by atoms with Gasteiger partial charge in [-0.3, -0.25) is 5.41 Å². The zero-order valence-electron chi connectivity index (χ0n) is 10.6. The van der Waals surface area contributed by atoms with Crippen LogP contribution in [0.5, 0.6) is 0 Å². The molecule has 106 valence electrons. The molecular weight excluding hydrogens is 279 g/mol. The second kappa shape index (κ2) is 5.69. The lowest BCUT2D eigenvalue weighted by Crippen LogP contribution is -2.40. The Morgan fingerprint density at radius 3 is 2.42 bits per heavy atom. The molecule has 0 bridgehead atoms. The molecule has 19 heavy (non-hydrogen) atoms. The average Bonchev–Trinajstić information content (AvgIpc) is 2.23. The Morgan fingerprint density at radius 1 is 1.42 bits per heavy atom. The van der Waals surface area contributed by atoms with Crippen LogP contribution in [0.4, 0.5) is 18.9 Å². The van der Waals surface area contributed by atoms with Gasteiger partial charge in [0.15, 0.2) is 0 Å². The van der Waals surface area contributed by atoms with E-state index in [9.17, 15) is 13.2 Å². The topological polar surface area (TPSA) is 53.1 Å². The molecule has 1 aromatic rings. The van der Waals surface area contributed by atoms with E-state index in [1.165, 1.54) is 18.2 Å². The van der Waals surface area contributed by atoms with E-state index >= 15 is 0 Å². The largest absolute Gasteiger partial charge is 0.405 e. The van der Waals surface area contributed by atoms with Gasteiger partial charge in [-0.15, -0.1) is 0 Å². The zero-order chi connectivity index (χ0) is 14.8. The first-order valence-corrected chi connectivity index (χ1v) is 5.97. The summed E-state index contributed by atoms with van der Waals surface area (Å²) in [6.07, 6.45) is -4.35. The number of hydrogen-bond donors (Lipinski definition) is 2. The highest BCUT2D eigenvalue weighted by molar-refractivity contribution is 6.34. The van der Waals surface area contributed by atoms with Crippen molar-refractivity contribution >= 4 is 23.1 Å². The van der Waals surface area contributed by atoms with E-state index in [1.54, 1.807) is 13.8 Å². The van der Waals surface area contributed by atoms with Gasteiger partial charge in [0.25, 0.3) is 0 Å². The van der Waals surface area contributed by atoms with Crippen LogP contribution in [-0.2, 0) is 0 Å². The molecule has 0 saturated heterocycles. The molecule has 0 aliphatic rings. The van der Waals surface area contributed by atoms with Crippen LogP contribution in [0.15, 0.2) is 18.2 Å². The minimum atomic E-state index is -4.35. The molecular formula is C12H15ClF3N3. The van der Waals surface area contributed by atoms with E-state index < -0.39 is 18.8 Å². The molecule has 1 rings (SSSR count). The van der Waals surface area contributed by atoms with Crippen LogP contribution < -0.4 is 10.6 Å². The number of nitrogens with one attached hydrogen (secondary N) is 1. The van der Waals surface area contributed by atoms with Crippen molar-refractivity contribution in [3.05, 3.63) is 28.8 Å². The first-order valence-electron chi connectivity index (χ1n) is 5.59. The highest BCUT2D eigenvalue weighted by Crippen LogP contribution is 2.31. The Morgan fingerprint density at radius 2 is 2.00 bits per heavy atom. The van der Waals surface area contributed by atoms with Crippen LogP contribution in [0, 0.1) is 5.41 Å². The molecule has 0 aromatic heterocycles. The summed E-state index contributed by atoms with van der Waals surface area (Å²) in [7, 11) is 0. The number of anilines is 1. The van der Waals surface area contributed by atoms with Crippen molar-refractivity contribution in [2.75, 3.05) is 11.4 Å². The number of nitrogen functional groups attached to an aromatic ring is 1. The summed E-state index contributed by atoms with van der Waals surface area (Å²) in [6.45, 7) is 2.15. The Bertz CT molecular complexity index is 472. The molecule has 0 aliphatic heterocycles. The fraction of sp³-hybridized carbons (Fsp3) is 0.417. The van der Waals surface area contributed by atoms with Crippen LogP contribution in [-0.4, -0.2) is 24.6 Å². The predicted molar refractivity (Wildman–Crippen MR) is 71.0 cm³/mol. The lowest BCUT2D eigenvalue weighted by atomic mass is 10.1. The van der Waals surface area contributed by atoms with Crippen molar-refractivity contribution in [3.8, 4) is 0 Å². The standard InChI is InChI=1S/C12H15ClF3N3/c1-7(2)19(6-12(14,15)16)9-5-3-4-8(13)10(9)11(17)18/h3-5,7H,6H2,1-2H3,(H3,17,18). The predicted octanol–water partition coefficient (Wildman–Crippen LogP) is 3.40. The Kier molecular flexibility index (Phi) is 4.68. The fourth-order valence-corrected chi connectivity index (χ4v) is 2.03. The number of benzene rings is 1. The van der Waals surface area contributed by atoms with Crippen LogP contribution in [0.2, 0.25) is 5.02 Å². The number of nitrogens with zero attached hydrogens (tertiary/aromatic N) is 1. The smallest absolute Gasteiger partial charge is 0.384 e. The Labute approximate surface area is 114 Å². The minimum absolute atomic E-state index is 0.127. The maximum absolute atomic E-state index is 12.6. The summed E-state index contributed by atoms with van der Waals surface area (Å²) in [5.41, 5.74) is 5.75. The molecule has 1 aromatic carbocycles. The molecule has 0 atom stereocenters. The normalized spacial score (nSPS) is 11.7. The number of rotatable bonds is 4. The summed E-state index contributed by atoms with van der Waals surface area (Å²) in [5.74, 6) is -0.353. The molecule has 0 heterocycles. The second-order valence-corrected chi connectivity index (χ2v) is 4.79. The van der Waals surface area contributed by atoms with Crippen molar-refractivity contribution in [2.24, 2.45) is 5.73 Å². The van der Waals surface area contributed by atoms with Gasteiger partial charge in [-0.2, -0.15) is 13.2 Å². The maximum Gasteiger partial charge on any atom is 0.405 e. The second-order valence-electron chi connectivity index (χ2n) is 4.38. The quantitative estimate of drug-likeness (QED) is 0.660. The van der Waals surface area contributed by atoms with Crippen LogP contribution in [0.1, 0.15) is 19.4 Å². The van der Waals surface area contributed by atoms with Gasteiger partial charge in [-0.25, -0.2) is 0 Å². The molecule has 0 spiro atoms. The minimum Gasteiger partial charge on any atom is -0.384 e. The van der Waals surface area contributed by atoms with Gasteiger partial charge in [-0.1, -0.05) is 17.7 Å². The first kappa shape index (κ1) is 15.6. The molecule has 3 N–H and O–H groups in total. The van der Waals surface area contributed by atoms with E-state index in [1.807, 2.05) is 0 Å². The lowest BCUT2D eigenvalue weighted by molar-refractivity contribution is -0.120. The van der Waals surface area contributed by atoms with E-state index in [0.717, 1.165) is 4.90 Å². The molecule has 0 fully saturated rings. The van der Waals surface area contributed by atoms with Gasteiger partial charge in [0.2, 0.25) is 0 Å². The van der Waals surface area contributed by atoms with E-state index in [0.29, 0.717) is 0 Å². The Hall–Kier alpha value is -1.43. The number of hydrogen-bond acceptors (Lipinski definition) is 2. The van der Waals surface area contributed by atoms with Crippen LogP contribution in [0.3, 0.4) is 0 Å². The van der Waals surface area contributed by atoms with E-state index in [2.05, 4.69) is 0 Å². The van der Waals surface area contributed by atoms with Gasteiger partial charge in [0.1, 0.15) is 12.4 Å². The fourth-order valence-electron chi connectivity index (χ4n) is 1.76. The summed E-state index contributed by atoms with van der Waals surface area (Å²) in [4.78, 5) is 1.13. The number of halogens is 4. The van der Waals surface area contributed by atoms with E-state index in [-0.39, 0.29) is 22.1 Å². The third kappa shape index (κ3) is 4.02. The van der Waals surface area contributed by atoms with Gasteiger partial charge in [0, 0.05) is 11.7 Å². The van der Waals surface area contributed by atoms with Gasteiger partial charge in [0.05, 0.1) is 10.6 Å². The summed E-state index contributed by atoms with van der Waals surface area (Å²) in [6, 6.07) is 4.11. The van der Waals surface area contributed by atoms with Crippen molar-refractivity contribution in [1.82, 2.24) is 0 Å². The summed E-state index contributed by atoms with van der Waals surface area (Å²) >= 11 is 5.92. The van der Waals surface area contributed by atoms with Gasteiger partial charge >= 0.3 is 6.18 Å². The highest BCUT2D eigenvalue weighted by atomic mass is 35.5. The zero-order valence-corrected chi connectivity index (χ0v) is 11.3. The molecule has 0 saturated carbocycles. The van der Waals surface area contributed by atoms with Crippen molar-refractivity contribution < 1.29 is 13.2 Å². The Balaban J connectivity index is 3.31. The summed E-state index contributed by atoms with van der Waals surface area (Å²) < 4.78 is 37.9. The molecule has 7 heteroatoms. The third-order valence-corrected chi connectivity index (χ3v) is 2.86. The highest BCUT2D eigenvalue weighted by Gasteiger charge is 2.33. The molecule has 3 nitrogen and oxygen atoms in total. The van der Waals surface area contributed by atoms with Crippen molar-refractivity contribution in [2.45, 2.75) is 26.1 Å². The van der Waals surface area contributed by atoms with Gasteiger partial charge < -0.3 is 10.6 Å².